The summed E-state index contributed by atoms with van der Waals surface area (Å²) in [4.78, 5) is 8.56. The Morgan fingerprint density at radius 1 is 1.28 bits per heavy atom. The quantitative estimate of drug-likeness (QED) is 0.844. The summed E-state index contributed by atoms with van der Waals surface area (Å²) in [7, 11) is 0. The molecule has 2 atom stereocenters. The molecule has 0 spiro atoms. The normalized spacial score (nSPS) is 15.4. The van der Waals surface area contributed by atoms with E-state index in [0.29, 0.717) is 6.61 Å². The van der Waals surface area contributed by atoms with Crippen molar-refractivity contribution in [2.45, 2.75) is 46.8 Å². The molecule has 0 fully saturated rings. The molecule has 0 saturated carbocycles. The van der Waals surface area contributed by atoms with Gasteiger partial charge in [0, 0.05) is 19.0 Å². The number of nitrogens with zero attached hydrogens (tertiary/aromatic N) is 2. The van der Waals surface area contributed by atoms with Gasteiger partial charge < -0.3 is 10.1 Å². The maximum atomic E-state index is 5.95. The maximum absolute atomic E-state index is 5.95. The molecule has 4 heteroatoms. The van der Waals surface area contributed by atoms with Gasteiger partial charge >= 0.3 is 0 Å². The van der Waals surface area contributed by atoms with E-state index in [1.54, 1.807) is 12.4 Å². The van der Waals surface area contributed by atoms with E-state index in [4.69, 9.17) is 4.74 Å². The Hall–Kier alpha value is -1.00. The van der Waals surface area contributed by atoms with Gasteiger partial charge in [-0.15, -0.1) is 0 Å². The average molecular weight is 251 g/mol. The molecule has 1 rings (SSSR count). The highest BCUT2D eigenvalue weighted by Gasteiger charge is 2.34. The molecule has 1 aromatic heterocycles. The van der Waals surface area contributed by atoms with Gasteiger partial charge in [-0.1, -0.05) is 27.7 Å². The van der Waals surface area contributed by atoms with E-state index in [0.717, 1.165) is 12.2 Å². The number of ether oxygens (including phenoxy) is 1. The summed E-state index contributed by atoms with van der Waals surface area (Å²) in [5, 5.41) is 3.46. The number of aromatic nitrogens is 2. The van der Waals surface area contributed by atoms with Crippen LogP contribution in [0.15, 0.2) is 18.6 Å². The van der Waals surface area contributed by atoms with Crippen LogP contribution >= 0.6 is 0 Å². The Morgan fingerprint density at radius 3 is 2.44 bits per heavy atom. The predicted octanol–water partition coefficient (Wildman–Crippen LogP) is 2.58. The maximum Gasteiger partial charge on any atom is 0.0833 e. The van der Waals surface area contributed by atoms with Gasteiger partial charge in [-0.3, -0.25) is 9.97 Å². The van der Waals surface area contributed by atoms with Crippen LogP contribution in [0.4, 0.5) is 0 Å². The number of rotatable bonds is 6. The van der Waals surface area contributed by atoms with Crippen molar-refractivity contribution < 1.29 is 4.74 Å². The summed E-state index contributed by atoms with van der Waals surface area (Å²) >= 11 is 0. The first-order chi connectivity index (χ1) is 8.50. The molecule has 0 aromatic carbocycles. The first kappa shape index (κ1) is 15.1. The molecule has 0 bridgehead atoms. The van der Waals surface area contributed by atoms with Crippen LogP contribution in [0.1, 0.15) is 46.4 Å². The summed E-state index contributed by atoms with van der Waals surface area (Å²) in [5.41, 5.74) is 0.980. The Kier molecular flexibility index (Phi) is 5.69. The third-order valence-electron chi connectivity index (χ3n) is 2.83. The SMILES string of the molecule is CCNC(c1cnccn1)C(OCC)C(C)(C)C. The van der Waals surface area contributed by atoms with Crippen molar-refractivity contribution in [3.8, 4) is 0 Å². The Labute approximate surface area is 110 Å². The number of hydrogen-bond acceptors (Lipinski definition) is 4. The molecule has 0 aliphatic heterocycles. The van der Waals surface area contributed by atoms with E-state index in [1.165, 1.54) is 0 Å². The summed E-state index contributed by atoms with van der Waals surface area (Å²) in [6, 6.07) is 0.0728. The highest BCUT2D eigenvalue weighted by Crippen LogP contribution is 2.31. The summed E-state index contributed by atoms with van der Waals surface area (Å²) in [6.45, 7) is 12.3. The van der Waals surface area contributed by atoms with Crippen molar-refractivity contribution in [2.75, 3.05) is 13.2 Å². The van der Waals surface area contributed by atoms with Gasteiger partial charge in [-0.05, 0) is 18.9 Å². The van der Waals surface area contributed by atoms with E-state index < -0.39 is 0 Å². The zero-order chi connectivity index (χ0) is 13.6. The third-order valence-corrected chi connectivity index (χ3v) is 2.83. The lowest BCUT2D eigenvalue weighted by Crippen LogP contribution is -2.42. The molecule has 2 unspecified atom stereocenters. The number of likely N-dealkylation sites (N-methyl/N-ethyl adjacent to an activating group) is 1. The molecule has 0 aliphatic rings. The van der Waals surface area contributed by atoms with E-state index in [-0.39, 0.29) is 17.6 Å². The van der Waals surface area contributed by atoms with Gasteiger partial charge in [0.05, 0.1) is 24.0 Å². The highest BCUT2D eigenvalue weighted by atomic mass is 16.5. The molecular formula is C14H25N3O. The van der Waals surface area contributed by atoms with Crippen LogP contribution in [-0.4, -0.2) is 29.2 Å². The van der Waals surface area contributed by atoms with Gasteiger partial charge in [0.25, 0.3) is 0 Å². The van der Waals surface area contributed by atoms with E-state index >= 15 is 0 Å². The predicted molar refractivity (Wildman–Crippen MR) is 73.3 cm³/mol. The molecule has 0 radical (unpaired) electrons. The second-order valence-electron chi connectivity index (χ2n) is 5.41. The minimum atomic E-state index is 0.0420. The van der Waals surface area contributed by atoms with Gasteiger partial charge in [0.1, 0.15) is 0 Å². The molecule has 102 valence electrons. The van der Waals surface area contributed by atoms with Crippen LogP contribution in [0.2, 0.25) is 0 Å². The fourth-order valence-electron chi connectivity index (χ4n) is 2.08. The Morgan fingerprint density at radius 2 is 2.00 bits per heavy atom. The second kappa shape index (κ2) is 6.81. The molecule has 0 aliphatic carbocycles. The van der Waals surface area contributed by atoms with Crippen molar-refractivity contribution in [1.29, 1.82) is 0 Å². The summed E-state index contributed by atoms with van der Waals surface area (Å²) in [5.74, 6) is 0. The molecule has 0 amide bonds. The molecule has 1 aromatic rings. The van der Waals surface area contributed by atoms with Gasteiger partial charge in [0.15, 0.2) is 0 Å². The lowest BCUT2D eigenvalue weighted by atomic mass is 9.83. The smallest absolute Gasteiger partial charge is 0.0833 e. The molecule has 4 nitrogen and oxygen atoms in total. The van der Waals surface area contributed by atoms with Gasteiger partial charge in [-0.2, -0.15) is 0 Å². The summed E-state index contributed by atoms with van der Waals surface area (Å²) < 4.78 is 5.95. The average Bonchev–Trinajstić information content (AvgIpc) is 2.33. The monoisotopic (exact) mass is 251 g/mol. The van der Waals surface area contributed by atoms with Crippen molar-refractivity contribution in [2.24, 2.45) is 5.41 Å². The molecule has 0 saturated heterocycles. The van der Waals surface area contributed by atoms with E-state index in [2.05, 4.69) is 43.0 Å². The topological polar surface area (TPSA) is 47.0 Å². The largest absolute Gasteiger partial charge is 0.376 e. The van der Waals surface area contributed by atoms with Crippen molar-refractivity contribution >= 4 is 0 Å². The van der Waals surface area contributed by atoms with Crippen molar-refractivity contribution in [3.63, 3.8) is 0 Å². The van der Waals surface area contributed by atoms with Crippen molar-refractivity contribution in [1.82, 2.24) is 15.3 Å². The summed E-state index contributed by atoms with van der Waals surface area (Å²) in [6.07, 6.45) is 5.30. The third kappa shape index (κ3) is 4.03. The van der Waals surface area contributed by atoms with Gasteiger partial charge in [0.2, 0.25) is 0 Å². The van der Waals surface area contributed by atoms with E-state index in [1.807, 2.05) is 13.1 Å². The van der Waals surface area contributed by atoms with Crippen LogP contribution in [0.5, 0.6) is 0 Å². The van der Waals surface area contributed by atoms with Crippen LogP contribution in [0.25, 0.3) is 0 Å². The minimum Gasteiger partial charge on any atom is -0.376 e. The fourth-order valence-corrected chi connectivity index (χ4v) is 2.08. The van der Waals surface area contributed by atoms with Crippen molar-refractivity contribution in [3.05, 3.63) is 24.3 Å². The molecule has 18 heavy (non-hydrogen) atoms. The molecule has 1 N–H and O–H groups in total. The zero-order valence-corrected chi connectivity index (χ0v) is 12.1. The standard InChI is InChI=1S/C14H25N3O/c1-6-16-12(11-10-15-8-9-17-11)13(18-7-2)14(3,4)5/h8-10,12-13,16H,6-7H2,1-5H3. The van der Waals surface area contributed by atoms with Crippen LogP contribution in [0, 0.1) is 5.41 Å². The Balaban J connectivity index is 3.01. The minimum absolute atomic E-state index is 0.0420. The fraction of sp³-hybridized carbons (Fsp3) is 0.714. The first-order valence-corrected chi connectivity index (χ1v) is 6.61. The van der Waals surface area contributed by atoms with Gasteiger partial charge in [-0.25, -0.2) is 0 Å². The number of nitrogens with one attached hydrogen (secondary N) is 1. The van der Waals surface area contributed by atoms with E-state index in [9.17, 15) is 0 Å². The van der Waals surface area contributed by atoms with Crippen LogP contribution < -0.4 is 5.32 Å². The van der Waals surface area contributed by atoms with Crippen LogP contribution in [-0.2, 0) is 4.74 Å². The zero-order valence-electron chi connectivity index (χ0n) is 12.1. The Bertz CT molecular complexity index is 335. The van der Waals surface area contributed by atoms with Crippen LogP contribution in [0.3, 0.4) is 0 Å². The highest BCUT2D eigenvalue weighted by molar-refractivity contribution is 5.07. The number of hydrogen-bond donors (Lipinski definition) is 1. The molecule has 1 heterocycles. The second-order valence-corrected chi connectivity index (χ2v) is 5.41. The lowest BCUT2D eigenvalue weighted by molar-refractivity contribution is -0.0372. The molecular weight excluding hydrogens is 226 g/mol. The lowest BCUT2D eigenvalue weighted by Gasteiger charge is -2.36. The first-order valence-electron chi connectivity index (χ1n) is 6.61.